The first-order valence-electron chi connectivity index (χ1n) is 6.68. The molecule has 116 valence electrons. The largest absolute Gasteiger partial charge is 0.479 e. The van der Waals surface area contributed by atoms with Gasteiger partial charge in [0.05, 0.1) is 15.7 Å². The average molecular weight is 359 g/mol. The molecule has 2 aromatic rings. The number of amides is 1. The van der Waals surface area contributed by atoms with E-state index in [1.807, 2.05) is 6.92 Å². The van der Waals surface area contributed by atoms with Gasteiger partial charge in [0.15, 0.2) is 6.10 Å². The van der Waals surface area contributed by atoms with Crippen LogP contribution >= 0.6 is 34.8 Å². The van der Waals surface area contributed by atoms with Crippen LogP contribution in [0, 0.1) is 0 Å². The fourth-order valence-corrected chi connectivity index (χ4v) is 2.34. The van der Waals surface area contributed by atoms with Crippen molar-refractivity contribution < 1.29 is 9.53 Å². The van der Waals surface area contributed by atoms with Crippen LogP contribution in [0.25, 0.3) is 0 Å². The van der Waals surface area contributed by atoms with E-state index in [1.165, 1.54) is 0 Å². The first-order valence-corrected chi connectivity index (χ1v) is 7.81. The van der Waals surface area contributed by atoms with E-state index in [0.717, 1.165) is 0 Å². The monoisotopic (exact) mass is 357 g/mol. The van der Waals surface area contributed by atoms with Gasteiger partial charge in [0.1, 0.15) is 5.75 Å². The van der Waals surface area contributed by atoms with Crippen LogP contribution in [-0.2, 0) is 4.79 Å². The fraction of sp³-hybridized carbons (Fsp3) is 0.188. The van der Waals surface area contributed by atoms with Crippen molar-refractivity contribution in [1.29, 1.82) is 0 Å². The highest BCUT2D eigenvalue weighted by molar-refractivity contribution is 6.35. The van der Waals surface area contributed by atoms with Crippen LogP contribution in [0.1, 0.15) is 13.3 Å². The van der Waals surface area contributed by atoms with Gasteiger partial charge in [-0.25, -0.2) is 0 Å². The molecule has 22 heavy (non-hydrogen) atoms. The molecule has 0 saturated heterocycles. The summed E-state index contributed by atoms with van der Waals surface area (Å²) in [6, 6.07) is 11.9. The second-order valence-corrected chi connectivity index (χ2v) is 5.81. The molecule has 1 amide bonds. The van der Waals surface area contributed by atoms with E-state index >= 15 is 0 Å². The van der Waals surface area contributed by atoms with Crippen molar-refractivity contribution in [3.63, 3.8) is 0 Å². The third-order valence-corrected chi connectivity index (χ3v) is 3.83. The van der Waals surface area contributed by atoms with Gasteiger partial charge in [0.2, 0.25) is 0 Å². The number of para-hydroxylation sites is 1. The Morgan fingerprint density at radius 2 is 1.86 bits per heavy atom. The van der Waals surface area contributed by atoms with Crippen LogP contribution in [-0.4, -0.2) is 12.0 Å². The van der Waals surface area contributed by atoms with Crippen molar-refractivity contribution in [2.45, 2.75) is 19.4 Å². The second kappa shape index (κ2) is 7.73. The Kier molecular flexibility index (Phi) is 5.95. The van der Waals surface area contributed by atoms with Crippen molar-refractivity contribution in [2.24, 2.45) is 0 Å². The van der Waals surface area contributed by atoms with E-state index in [2.05, 4.69) is 5.32 Å². The number of nitrogens with one attached hydrogen (secondary N) is 1. The normalized spacial score (nSPS) is 11.8. The lowest BCUT2D eigenvalue weighted by molar-refractivity contribution is -0.122. The molecule has 1 atom stereocenters. The van der Waals surface area contributed by atoms with Gasteiger partial charge in [-0.15, -0.1) is 0 Å². The van der Waals surface area contributed by atoms with E-state index in [-0.39, 0.29) is 5.91 Å². The Labute approximate surface area is 144 Å². The Morgan fingerprint density at radius 1 is 1.14 bits per heavy atom. The first kappa shape index (κ1) is 16.9. The predicted molar refractivity (Wildman–Crippen MR) is 91.3 cm³/mol. The molecule has 0 fully saturated rings. The van der Waals surface area contributed by atoms with Crippen LogP contribution in [0.15, 0.2) is 42.5 Å². The highest BCUT2D eigenvalue weighted by Gasteiger charge is 2.20. The topological polar surface area (TPSA) is 38.3 Å². The lowest BCUT2D eigenvalue weighted by atomic mass is 10.2. The summed E-state index contributed by atoms with van der Waals surface area (Å²) in [6.45, 7) is 1.85. The number of carbonyl (C=O) groups excluding carboxylic acids is 1. The standard InChI is InChI=1S/C16H14Cl3NO2/c1-2-14(22-15-6-4-3-5-12(15)19)16(21)20-13-9-10(17)7-8-11(13)18/h3-9,14H,2H2,1H3,(H,20,21). The van der Waals surface area contributed by atoms with Crippen molar-refractivity contribution >= 4 is 46.4 Å². The van der Waals surface area contributed by atoms with Gasteiger partial charge < -0.3 is 10.1 Å². The summed E-state index contributed by atoms with van der Waals surface area (Å²) in [6.07, 6.45) is -0.204. The molecule has 1 N–H and O–H groups in total. The van der Waals surface area contributed by atoms with Crippen LogP contribution in [0.3, 0.4) is 0 Å². The molecule has 1 unspecified atom stereocenters. The Balaban J connectivity index is 2.12. The minimum Gasteiger partial charge on any atom is -0.479 e. The van der Waals surface area contributed by atoms with Gasteiger partial charge in [-0.1, -0.05) is 53.9 Å². The molecular formula is C16H14Cl3NO2. The summed E-state index contributed by atoms with van der Waals surface area (Å²) < 4.78 is 5.68. The number of anilines is 1. The molecule has 0 aliphatic carbocycles. The summed E-state index contributed by atoms with van der Waals surface area (Å²) in [5, 5.41) is 4.07. The number of ether oxygens (including phenoxy) is 1. The molecule has 0 aliphatic heterocycles. The predicted octanol–water partition coefficient (Wildman–Crippen LogP) is 5.44. The zero-order chi connectivity index (χ0) is 16.1. The lowest BCUT2D eigenvalue weighted by Crippen LogP contribution is -2.32. The highest BCUT2D eigenvalue weighted by Crippen LogP contribution is 2.27. The smallest absolute Gasteiger partial charge is 0.265 e. The maximum absolute atomic E-state index is 12.3. The summed E-state index contributed by atoms with van der Waals surface area (Å²) in [5.41, 5.74) is 0.445. The minimum atomic E-state index is -0.685. The van der Waals surface area contributed by atoms with E-state index in [0.29, 0.717) is 32.9 Å². The van der Waals surface area contributed by atoms with E-state index in [1.54, 1.807) is 42.5 Å². The highest BCUT2D eigenvalue weighted by atomic mass is 35.5. The maximum atomic E-state index is 12.3. The molecule has 6 heteroatoms. The van der Waals surface area contributed by atoms with E-state index in [4.69, 9.17) is 39.5 Å². The molecule has 2 aromatic carbocycles. The lowest BCUT2D eigenvalue weighted by Gasteiger charge is -2.18. The van der Waals surface area contributed by atoms with Crippen molar-refractivity contribution in [2.75, 3.05) is 5.32 Å². The zero-order valence-electron chi connectivity index (χ0n) is 11.8. The molecule has 0 saturated carbocycles. The molecule has 0 radical (unpaired) electrons. The van der Waals surface area contributed by atoms with Crippen molar-refractivity contribution in [3.05, 3.63) is 57.5 Å². The Hall–Kier alpha value is -1.42. The summed E-state index contributed by atoms with van der Waals surface area (Å²) in [5.74, 6) is 0.148. The molecule has 0 aliphatic rings. The zero-order valence-corrected chi connectivity index (χ0v) is 14.0. The van der Waals surface area contributed by atoms with Gasteiger partial charge in [-0.05, 0) is 36.8 Å². The third kappa shape index (κ3) is 4.29. The number of benzene rings is 2. The molecule has 0 bridgehead atoms. The van der Waals surface area contributed by atoms with E-state index in [9.17, 15) is 4.79 Å². The summed E-state index contributed by atoms with van der Waals surface area (Å²) in [4.78, 5) is 12.3. The van der Waals surface area contributed by atoms with Crippen LogP contribution in [0.4, 0.5) is 5.69 Å². The van der Waals surface area contributed by atoms with Crippen LogP contribution in [0.2, 0.25) is 15.1 Å². The van der Waals surface area contributed by atoms with Gasteiger partial charge >= 0.3 is 0 Å². The number of carbonyl (C=O) groups is 1. The Morgan fingerprint density at radius 3 is 2.55 bits per heavy atom. The quantitative estimate of drug-likeness (QED) is 0.772. The van der Waals surface area contributed by atoms with Gasteiger partial charge in [0, 0.05) is 5.02 Å². The van der Waals surface area contributed by atoms with Crippen molar-refractivity contribution in [1.82, 2.24) is 0 Å². The molecule has 2 rings (SSSR count). The summed E-state index contributed by atoms with van der Waals surface area (Å²) >= 11 is 18.0. The van der Waals surface area contributed by atoms with Gasteiger partial charge in [0.25, 0.3) is 5.91 Å². The number of hydrogen-bond acceptors (Lipinski definition) is 2. The third-order valence-electron chi connectivity index (χ3n) is 2.96. The fourth-order valence-electron chi connectivity index (χ4n) is 1.82. The van der Waals surface area contributed by atoms with Crippen LogP contribution < -0.4 is 10.1 Å². The SMILES string of the molecule is CCC(Oc1ccccc1Cl)C(=O)Nc1cc(Cl)ccc1Cl. The van der Waals surface area contributed by atoms with Crippen molar-refractivity contribution in [3.8, 4) is 5.75 Å². The molecule has 0 aromatic heterocycles. The molecular weight excluding hydrogens is 345 g/mol. The first-order chi connectivity index (χ1) is 10.5. The van der Waals surface area contributed by atoms with Gasteiger partial charge in [-0.2, -0.15) is 0 Å². The number of halogens is 3. The Bertz CT molecular complexity index is 676. The van der Waals surface area contributed by atoms with E-state index < -0.39 is 6.10 Å². The molecule has 0 spiro atoms. The minimum absolute atomic E-state index is 0.313. The number of hydrogen-bond donors (Lipinski definition) is 1. The average Bonchev–Trinajstić information content (AvgIpc) is 2.50. The van der Waals surface area contributed by atoms with Crippen LogP contribution in [0.5, 0.6) is 5.75 Å². The summed E-state index contributed by atoms with van der Waals surface area (Å²) in [7, 11) is 0. The second-order valence-electron chi connectivity index (χ2n) is 4.56. The number of rotatable bonds is 5. The maximum Gasteiger partial charge on any atom is 0.265 e. The molecule has 0 heterocycles. The molecule has 3 nitrogen and oxygen atoms in total. The van der Waals surface area contributed by atoms with Gasteiger partial charge in [-0.3, -0.25) is 4.79 Å².